The van der Waals surface area contributed by atoms with Crippen molar-refractivity contribution in [3.8, 4) is 0 Å². The Morgan fingerprint density at radius 1 is 1.29 bits per heavy atom. The summed E-state index contributed by atoms with van der Waals surface area (Å²) in [5.41, 5.74) is 0. The molecule has 1 rings (SSSR count). The number of aliphatic imine (C=N–C) groups is 1. The van der Waals surface area contributed by atoms with Gasteiger partial charge in [0.15, 0.2) is 5.96 Å². The minimum atomic E-state index is 0. The number of rotatable bonds is 6. The van der Waals surface area contributed by atoms with Crippen LogP contribution in [0.15, 0.2) is 4.99 Å². The highest BCUT2D eigenvalue weighted by Gasteiger charge is 2.20. The van der Waals surface area contributed by atoms with Gasteiger partial charge in [0, 0.05) is 32.2 Å². The van der Waals surface area contributed by atoms with Gasteiger partial charge in [0.1, 0.15) is 0 Å². The Balaban J connectivity index is 0.00000400. The van der Waals surface area contributed by atoms with Crippen LogP contribution in [-0.2, 0) is 0 Å². The summed E-state index contributed by atoms with van der Waals surface area (Å²) < 4.78 is 0. The Morgan fingerprint density at radius 3 is 2.57 bits per heavy atom. The molecule has 2 unspecified atom stereocenters. The standard InChI is InChI=1S/C16H34N4.HI/c1-6-17-16(18-10-13(2)3)19-11-15(5)20-9-7-8-14(4)12-20;/h13-15H,6-12H2,1-5H3,(H2,17,18,19);1H. The largest absolute Gasteiger partial charge is 0.357 e. The molecular weight excluding hydrogens is 375 g/mol. The summed E-state index contributed by atoms with van der Waals surface area (Å²) in [6, 6.07) is 0.570. The number of piperidine rings is 1. The third-order valence-corrected chi connectivity index (χ3v) is 3.84. The number of hydrogen-bond acceptors (Lipinski definition) is 2. The third-order valence-electron chi connectivity index (χ3n) is 3.84. The maximum absolute atomic E-state index is 4.62. The zero-order valence-corrected chi connectivity index (χ0v) is 16.8. The van der Waals surface area contributed by atoms with Crippen molar-refractivity contribution < 1.29 is 0 Å². The van der Waals surface area contributed by atoms with Crippen LogP contribution in [-0.4, -0.2) is 49.6 Å². The Bertz CT molecular complexity index is 294. The molecule has 2 N–H and O–H groups in total. The second-order valence-electron chi connectivity index (χ2n) is 6.59. The molecule has 1 aliphatic heterocycles. The van der Waals surface area contributed by atoms with E-state index < -0.39 is 0 Å². The molecule has 0 aromatic carbocycles. The summed E-state index contributed by atoms with van der Waals surface area (Å²) in [6.45, 7) is 16.4. The first kappa shape index (κ1) is 21.0. The molecule has 0 bridgehead atoms. The molecule has 2 atom stereocenters. The van der Waals surface area contributed by atoms with Crippen molar-refractivity contribution in [2.24, 2.45) is 16.8 Å². The molecule has 126 valence electrons. The van der Waals surface area contributed by atoms with E-state index in [0.717, 1.165) is 31.5 Å². The van der Waals surface area contributed by atoms with E-state index in [2.05, 4.69) is 55.1 Å². The predicted octanol–water partition coefficient (Wildman–Crippen LogP) is 2.94. The number of likely N-dealkylation sites (tertiary alicyclic amines) is 1. The average Bonchev–Trinajstić information content (AvgIpc) is 2.41. The Morgan fingerprint density at radius 2 is 2.00 bits per heavy atom. The lowest BCUT2D eigenvalue weighted by Crippen LogP contribution is -2.48. The van der Waals surface area contributed by atoms with Gasteiger partial charge < -0.3 is 10.6 Å². The van der Waals surface area contributed by atoms with Gasteiger partial charge in [-0.25, -0.2) is 0 Å². The maximum Gasteiger partial charge on any atom is 0.191 e. The number of hydrogen-bond donors (Lipinski definition) is 2. The lowest BCUT2D eigenvalue weighted by molar-refractivity contribution is 0.139. The molecule has 0 aromatic rings. The molecule has 0 spiro atoms. The van der Waals surface area contributed by atoms with Gasteiger partial charge in [-0.1, -0.05) is 20.8 Å². The molecule has 0 saturated carbocycles. The fourth-order valence-electron chi connectivity index (χ4n) is 2.62. The monoisotopic (exact) mass is 410 g/mol. The molecule has 1 heterocycles. The topological polar surface area (TPSA) is 39.7 Å². The van der Waals surface area contributed by atoms with E-state index in [9.17, 15) is 0 Å². The van der Waals surface area contributed by atoms with E-state index in [1.165, 1.54) is 25.9 Å². The molecule has 0 radical (unpaired) electrons. The van der Waals surface area contributed by atoms with Gasteiger partial charge in [-0.05, 0) is 45.1 Å². The van der Waals surface area contributed by atoms with Gasteiger partial charge >= 0.3 is 0 Å². The fraction of sp³-hybridized carbons (Fsp3) is 0.938. The smallest absolute Gasteiger partial charge is 0.191 e. The van der Waals surface area contributed by atoms with E-state index in [0.29, 0.717) is 12.0 Å². The van der Waals surface area contributed by atoms with Crippen LogP contribution in [0.3, 0.4) is 0 Å². The first-order valence-electron chi connectivity index (χ1n) is 8.29. The summed E-state index contributed by atoms with van der Waals surface area (Å²) >= 11 is 0. The molecule has 21 heavy (non-hydrogen) atoms. The first-order valence-corrected chi connectivity index (χ1v) is 8.29. The van der Waals surface area contributed by atoms with Crippen molar-refractivity contribution >= 4 is 29.9 Å². The van der Waals surface area contributed by atoms with Crippen LogP contribution in [0.1, 0.15) is 47.5 Å². The number of halogens is 1. The van der Waals surface area contributed by atoms with Gasteiger partial charge in [0.2, 0.25) is 0 Å². The summed E-state index contributed by atoms with van der Waals surface area (Å²) in [6.07, 6.45) is 2.72. The third kappa shape index (κ3) is 8.86. The summed E-state index contributed by atoms with van der Waals surface area (Å²) in [7, 11) is 0. The molecule has 0 aliphatic carbocycles. The summed E-state index contributed by atoms with van der Waals surface area (Å²) in [5, 5.41) is 6.81. The van der Waals surface area contributed by atoms with E-state index in [-0.39, 0.29) is 24.0 Å². The van der Waals surface area contributed by atoms with Crippen molar-refractivity contribution in [3.63, 3.8) is 0 Å². The van der Waals surface area contributed by atoms with Crippen molar-refractivity contribution in [1.82, 2.24) is 15.5 Å². The molecular formula is C16H35IN4. The lowest BCUT2D eigenvalue weighted by Gasteiger charge is -2.35. The highest BCUT2D eigenvalue weighted by molar-refractivity contribution is 14.0. The highest BCUT2D eigenvalue weighted by Crippen LogP contribution is 2.17. The van der Waals surface area contributed by atoms with Crippen LogP contribution in [0.5, 0.6) is 0 Å². The molecule has 4 nitrogen and oxygen atoms in total. The van der Waals surface area contributed by atoms with E-state index >= 15 is 0 Å². The van der Waals surface area contributed by atoms with Crippen LogP contribution < -0.4 is 10.6 Å². The quantitative estimate of drug-likeness (QED) is 0.402. The Kier molecular flexibility index (Phi) is 11.5. The van der Waals surface area contributed by atoms with Crippen molar-refractivity contribution in [2.75, 3.05) is 32.7 Å². The lowest BCUT2D eigenvalue weighted by atomic mass is 9.99. The van der Waals surface area contributed by atoms with Crippen molar-refractivity contribution in [2.45, 2.75) is 53.5 Å². The summed E-state index contributed by atoms with van der Waals surface area (Å²) in [5.74, 6) is 2.40. The molecule has 0 aromatic heterocycles. The van der Waals surface area contributed by atoms with Crippen LogP contribution in [0.4, 0.5) is 0 Å². The van der Waals surface area contributed by atoms with E-state index in [1.807, 2.05) is 0 Å². The minimum absolute atomic E-state index is 0. The second-order valence-corrected chi connectivity index (χ2v) is 6.59. The van der Waals surface area contributed by atoms with Gasteiger partial charge in [-0.15, -0.1) is 24.0 Å². The van der Waals surface area contributed by atoms with E-state index in [1.54, 1.807) is 0 Å². The number of nitrogens with one attached hydrogen (secondary N) is 2. The zero-order chi connectivity index (χ0) is 15.0. The van der Waals surface area contributed by atoms with Crippen LogP contribution in [0, 0.1) is 11.8 Å². The van der Waals surface area contributed by atoms with Crippen LogP contribution >= 0.6 is 24.0 Å². The molecule has 1 fully saturated rings. The van der Waals surface area contributed by atoms with Crippen molar-refractivity contribution in [1.29, 1.82) is 0 Å². The molecule has 1 saturated heterocycles. The molecule has 0 amide bonds. The fourth-order valence-corrected chi connectivity index (χ4v) is 2.62. The minimum Gasteiger partial charge on any atom is -0.357 e. The number of guanidine groups is 1. The summed E-state index contributed by atoms with van der Waals surface area (Å²) in [4.78, 5) is 7.23. The Labute approximate surface area is 148 Å². The van der Waals surface area contributed by atoms with Gasteiger partial charge in [0.25, 0.3) is 0 Å². The van der Waals surface area contributed by atoms with Crippen LogP contribution in [0.25, 0.3) is 0 Å². The SMILES string of the molecule is CCNC(=NCC(C)C)NCC(C)N1CCCC(C)C1.I. The van der Waals surface area contributed by atoms with Gasteiger partial charge in [0.05, 0.1) is 0 Å². The highest BCUT2D eigenvalue weighted by atomic mass is 127. The first-order chi connectivity index (χ1) is 9.52. The predicted molar refractivity (Wildman–Crippen MR) is 104 cm³/mol. The number of nitrogens with zero attached hydrogens (tertiary/aromatic N) is 2. The normalized spacial score (nSPS) is 21.8. The average molecular weight is 410 g/mol. The van der Waals surface area contributed by atoms with Gasteiger partial charge in [-0.2, -0.15) is 0 Å². The van der Waals surface area contributed by atoms with Crippen LogP contribution in [0.2, 0.25) is 0 Å². The second kappa shape index (κ2) is 11.5. The van der Waals surface area contributed by atoms with E-state index in [4.69, 9.17) is 0 Å². The molecule has 1 aliphatic rings. The zero-order valence-electron chi connectivity index (χ0n) is 14.5. The molecule has 5 heteroatoms. The Hall–Kier alpha value is -0.0400. The maximum atomic E-state index is 4.62. The van der Waals surface area contributed by atoms with Crippen molar-refractivity contribution in [3.05, 3.63) is 0 Å². The van der Waals surface area contributed by atoms with Gasteiger partial charge in [-0.3, -0.25) is 9.89 Å².